The number of anilines is 1. The Labute approximate surface area is 138 Å². The van der Waals surface area contributed by atoms with Crippen LogP contribution < -0.4 is 5.32 Å². The minimum atomic E-state index is -0.168. The summed E-state index contributed by atoms with van der Waals surface area (Å²) < 4.78 is 16.8. The molecule has 1 heterocycles. The van der Waals surface area contributed by atoms with Gasteiger partial charge < -0.3 is 5.32 Å². The average Bonchev–Trinajstić information content (AvgIpc) is 3.07. The van der Waals surface area contributed by atoms with Crippen LogP contribution in [-0.4, -0.2) is 15.6 Å². The monoisotopic (exact) mass is 325 g/mol. The predicted octanol–water partition coefficient (Wildman–Crippen LogP) is 4.70. The maximum atomic E-state index is 13.0. The fraction of sp³-hybridized carbons (Fsp3) is 0.222. The molecule has 1 saturated carbocycles. The molecule has 4 rings (SSSR count). The highest BCUT2D eigenvalue weighted by Gasteiger charge is 2.30. The Morgan fingerprint density at radius 1 is 1.00 bits per heavy atom. The molecular weight excluding hydrogens is 309 g/mol. The molecule has 0 bridgehead atoms. The second-order valence-corrected chi connectivity index (χ2v) is 6.54. The molecule has 0 aliphatic heterocycles. The summed E-state index contributed by atoms with van der Waals surface area (Å²) in [6.45, 7) is 0. The standard InChI is InChI=1S/C18H16FN3S/c19-15-5-1-12(2-6-15)14-9-17(10-14)20-16-7-3-13(4-8-16)18-11-23-22-21-18/h1-8,11,14,17,20H,9-10H2. The zero-order valence-electron chi connectivity index (χ0n) is 12.4. The summed E-state index contributed by atoms with van der Waals surface area (Å²) in [6, 6.07) is 15.7. The lowest BCUT2D eigenvalue weighted by Gasteiger charge is -2.37. The zero-order chi connectivity index (χ0) is 15.6. The molecule has 3 aromatic rings. The Bertz CT molecular complexity index is 763. The van der Waals surface area contributed by atoms with Gasteiger partial charge in [0.2, 0.25) is 0 Å². The van der Waals surface area contributed by atoms with Gasteiger partial charge in [0.15, 0.2) is 0 Å². The average molecular weight is 325 g/mol. The number of halogens is 1. The van der Waals surface area contributed by atoms with E-state index < -0.39 is 0 Å². The topological polar surface area (TPSA) is 37.8 Å². The molecule has 1 fully saturated rings. The molecule has 5 heteroatoms. The summed E-state index contributed by atoms with van der Waals surface area (Å²) in [6.07, 6.45) is 2.17. The van der Waals surface area contributed by atoms with Gasteiger partial charge in [-0.15, -0.1) is 5.10 Å². The van der Waals surface area contributed by atoms with Gasteiger partial charge in [0.1, 0.15) is 11.5 Å². The number of aromatic nitrogens is 2. The SMILES string of the molecule is Fc1ccc(C2CC(Nc3ccc(-c4csnn4)cc3)C2)cc1. The first-order valence-corrected chi connectivity index (χ1v) is 8.51. The third-order valence-corrected chi connectivity index (χ3v) is 4.90. The number of nitrogens with one attached hydrogen (secondary N) is 1. The number of hydrogen-bond donors (Lipinski definition) is 1. The fourth-order valence-electron chi connectivity index (χ4n) is 3.01. The van der Waals surface area contributed by atoms with Crippen molar-refractivity contribution in [1.82, 2.24) is 9.59 Å². The van der Waals surface area contributed by atoms with E-state index in [1.807, 2.05) is 17.5 Å². The van der Waals surface area contributed by atoms with Gasteiger partial charge in [-0.3, -0.25) is 0 Å². The van der Waals surface area contributed by atoms with E-state index >= 15 is 0 Å². The second kappa shape index (κ2) is 6.08. The molecule has 3 nitrogen and oxygen atoms in total. The second-order valence-electron chi connectivity index (χ2n) is 5.93. The third kappa shape index (κ3) is 3.10. The van der Waals surface area contributed by atoms with Crippen molar-refractivity contribution in [2.24, 2.45) is 0 Å². The van der Waals surface area contributed by atoms with Crippen molar-refractivity contribution in [2.75, 3.05) is 5.32 Å². The summed E-state index contributed by atoms with van der Waals surface area (Å²) in [5.74, 6) is 0.367. The van der Waals surface area contributed by atoms with Gasteiger partial charge in [-0.25, -0.2) is 4.39 Å². The van der Waals surface area contributed by atoms with Crippen LogP contribution in [0.15, 0.2) is 53.9 Å². The van der Waals surface area contributed by atoms with Gasteiger partial charge in [0.05, 0.1) is 0 Å². The van der Waals surface area contributed by atoms with Gasteiger partial charge in [0, 0.05) is 22.7 Å². The highest BCUT2D eigenvalue weighted by atomic mass is 32.1. The van der Waals surface area contributed by atoms with Gasteiger partial charge in [-0.1, -0.05) is 28.8 Å². The number of nitrogens with zero attached hydrogens (tertiary/aromatic N) is 2. The molecule has 1 aliphatic carbocycles. The van der Waals surface area contributed by atoms with Crippen LogP contribution in [0.1, 0.15) is 24.3 Å². The lowest BCUT2D eigenvalue weighted by atomic mass is 9.76. The van der Waals surface area contributed by atoms with Crippen molar-refractivity contribution >= 4 is 17.2 Å². The zero-order valence-corrected chi connectivity index (χ0v) is 13.3. The van der Waals surface area contributed by atoms with Gasteiger partial charge in [-0.2, -0.15) is 0 Å². The van der Waals surface area contributed by atoms with E-state index in [0.717, 1.165) is 29.8 Å². The van der Waals surface area contributed by atoms with Crippen molar-refractivity contribution in [3.8, 4) is 11.3 Å². The largest absolute Gasteiger partial charge is 0.382 e. The first-order valence-electron chi connectivity index (χ1n) is 7.67. The van der Waals surface area contributed by atoms with E-state index in [4.69, 9.17) is 0 Å². The molecule has 0 saturated heterocycles. The van der Waals surface area contributed by atoms with E-state index in [1.165, 1.54) is 17.1 Å². The normalized spacial score (nSPS) is 20.0. The number of hydrogen-bond acceptors (Lipinski definition) is 4. The molecule has 23 heavy (non-hydrogen) atoms. The van der Waals surface area contributed by atoms with E-state index in [-0.39, 0.29) is 5.82 Å². The van der Waals surface area contributed by atoms with Gasteiger partial charge >= 0.3 is 0 Å². The van der Waals surface area contributed by atoms with E-state index in [0.29, 0.717) is 12.0 Å². The summed E-state index contributed by atoms with van der Waals surface area (Å²) in [5, 5.41) is 9.58. The quantitative estimate of drug-likeness (QED) is 0.755. The predicted molar refractivity (Wildman–Crippen MR) is 91.1 cm³/mol. The van der Waals surface area contributed by atoms with Crippen molar-refractivity contribution in [3.63, 3.8) is 0 Å². The first kappa shape index (κ1) is 14.3. The minimum absolute atomic E-state index is 0.168. The third-order valence-electron chi connectivity index (χ3n) is 4.39. The molecule has 1 aliphatic rings. The van der Waals surface area contributed by atoms with Crippen LogP contribution in [0, 0.1) is 5.82 Å². The molecule has 0 atom stereocenters. The molecule has 0 amide bonds. The fourth-order valence-corrected chi connectivity index (χ4v) is 3.47. The molecule has 0 spiro atoms. The van der Waals surface area contributed by atoms with Gasteiger partial charge in [0.25, 0.3) is 0 Å². The van der Waals surface area contributed by atoms with Gasteiger partial charge in [-0.05, 0) is 60.1 Å². The number of rotatable bonds is 4. The van der Waals surface area contributed by atoms with E-state index in [2.05, 4.69) is 39.2 Å². The Morgan fingerprint density at radius 2 is 1.74 bits per heavy atom. The summed E-state index contributed by atoms with van der Waals surface area (Å²) in [5.41, 5.74) is 4.36. The van der Waals surface area contributed by atoms with Crippen LogP contribution in [0.25, 0.3) is 11.3 Å². The van der Waals surface area contributed by atoms with Crippen LogP contribution in [0.2, 0.25) is 0 Å². The highest BCUT2D eigenvalue weighted by molar-refractivity contribution is 7.03. The van der Waals surface area contributed by atoms with E-state index in [9.17, 15) is 4.39 Å². The van der Waals surface area contributed by atoms with Crippen LogP contribution in [-0.2, 0) is 0 Å². The Hall–Kier alpha value is -2.27. The Balaban J connectivity index is 1.34. The van der Waals surface area contributed by atoms with Crippen molar-refractivity contribution in [1.29, 1.82) is 0 Å². The summed E-state index contributed by atoms with van der Waals surface area (Å²) >= 11 is 1.36. The molecule has 1 N–H and O–H groups in total. The number of benzene rings is 2. The molecule has 0 unspecified atom stereocenters. The van der Waals surface area contributed by atoms with Crippen molar-refractivity contribution in [2.45, 2.75) is 24.8 Å². The van der Waals surface area contributed by atoms with Crippen molar-refractivity contribution in [3.05, 3.63) is 65.3 Å². The summed E-state index contributed by atoms with van der Waals surface area (Å²) in [4.78, 5) is 0. The molecule has 0 radical (unpaired) electrons. The lowest BCUT2D eigenvalue weighted by molar-refractivity contribution is 0.374. The minimum Gasteiger partial charge on any atom is -0.382 e. The lowest BCUT2D eigenvalue weighted by Crippen LogP contribution is -2.33. The Kier molecular flexibility index (Phi) is 3.79. The first-order chi connectivity index (χ1) is 11.3. The summed E-state index contributed by atoms with van der Waals surface area (Å²) in [7, 11) is 0. The maximum absolute atomic E-state index is 13.0. The van der Waals surface area contributed by atoms with Crippen LogP contribution >= 0.6 is 11.5 Å². The van der Waals surface area contributed by atoms with Crippen molar-refractivity contribution < 1.29 is 4.39 Å². The molecule has 1 aromatic heterocycles. The molecule has 116 valence electrons. The molecular formula is C18H16FN3S. The smallest absolute Gasteiger partial charge is 0.123 e. The van der Waals surface area contributed by atoms with Crippen LogP contribution in [0.3, 0.4) is 0 Å². The van der Waals surface area contributed by atoms with Crippen LogP contribution in [0.5, 0.6) is 0 Å². The van der Waals surface area contributed by atoms with E-state index in [1.54, 1.807) is 12.1 Å². The Morgan fingerprint density at radius 3 is 2.39 bits per heavy atom. The van der Waals surface area contributed by atoms with Crippen LogP contribution in [0.4, 0.5) is 10.1 Å². The maximum Gasteiger partial charge on any atom is 0.123 e. The highest BCUT2D eigenvalue weighted by Crippen LogP contribution is 2.38. The molecule has 2 aromatic carbocycles.